The minimum absolute atomic E-state index is 0.0387. The van der Waals surface area contributed by atoms with Gasteiger partial charge in [-0.05, 0) is 31.2 Å². The molecule has 0 aromatic heterocycles. The maximum atomic E-state index is 12.3. The van der Waals surface area contributed by atoms with Crippen LogP contribution in [0.3, 0.4) is 0 Å². The smallest absolute Gasteiger partial charge is 0.409 e. The second-order valence-corrected chi connectivity index (χ2v) is 7.05. The average molecular weight is 330 g/mol. The van der Waals surface area contributed by atoms with Crippen LogP contribution in [0.2, 0.25) is 0 Å². The van der Waals surface area contributed by atoms with Gasteiger partial charge in [0.05, 0.1) is 7.11 Å². The summed E-state index contributed by atoms with van der Waals surface area (Å²) in [7, 11) is 1.43. The Kier molecular flexibility index (Phi) is 5.07. The van der Waals surface area contributed by atoms with Gasteiger partial charge < -0.3 is 14.5 Å². The van der Waals surface area contributed by atoms with Gasteiger partial charge in [0.2, 0.25) is 5.91 Å². The fourth-order valence-corrected chi connectivity index (χ4v) is 4.04. The molecule has 0 radical (unpaired) electrons. The summed E-state index contributed by atoms with van der Waals surface area (Å²) in [5.41, 5.74) is 1.29. The molecule has 0 bridgehead atoms. The SMILES string of the molecule is COC(=O)N1CCC[C@]2(CCC(=O)N(CCc3ccccc3)C2)C1. The van der Waals surface area contributed by atoms with Gasteiger partial charge in [-0.15, -0.1) is 0 Å². The summed E-state index contributed by atoms with van der Waals surface area (Å²) in [6.45, 7) is 2.97. The highest BCUT2D eigenvalue weighted by molar-refractivity contribution is 5.77. The normalized spacial score (nSPS) is 24.3. The predicted octanol–water partition coefficient (Wildman–Crippen LogP) is 2.70. The number of ether oxygens (including phenoxy) is 1. The van der Waals surface area contributed by atoms with Crippen molar-refractivity contribution < 1.29 is 14.3 Å². The molecule has 130 valence electrons. The number of carbonyl (C=O) groups is 2. The van der Waals surface area contributed by atoms with E-state index in [4.69, 9.17) is 4.74 Å². The molecule has 1 aromatic rings. The van der Waals surface area contributed by atoms with Crippen LogP contribution in [-0.2, 0) is 16.0 Å². The highest BCUT2D eigenvalue weighted by Crippen LogP contribution is 2.39. The molecule has 3 rings (SSSR count). The van der Waals surface area contributed by atoms with Gasteiger partial charge in [0.25, 0.3) is 0 Å². The van der Waals surface area contributed by atoms with Crippen LogP contribution >= 0.6 is 0 Å². The fraction of sp³-hybridized carbons (Fsp3) is 0.579. The molecule has 2 amide bonds. The Morgan fingerprint density at radius 1 is 1.21 bits per heavy atom. The zero-order valence-corrected chi connectivity index (χ0v) is 14.4. The molecule has 0 unspecified atom stereocenters. The molecule has 2 saturated heterocycles. The van der Waals surface area contributed by atoms with Gasteiger partial charge in [-0.2, -0.15) is 0 Å². The van der Waals surface area contributed by atoms with Crippen molar-refractivity contribution in [3.05, 3.63) is 35.9 Å². The molecule has 24 heavy (non-hydrogen) atoms. The van der Waals surface area contributed by atoms with E-state index in [1.54, 1.807) is 4.90 Å². The molecule has 1 aromatic carbocycles. The molecule has 2 heterocycles. The van der Waals surface area contributed by atoms with Crippen molar-refractivity contribution in [3.8, 4) is 0 Å². The molecule has 5 nitrogen and oxygen atoms in total. The second kappa shape index (κ2) is 7.24. The zero-order chi connectivity index (χ0) is 17.0. The lowest BCUT2D eigenvalue weighted by atomic mass is 9.73. The Labute approximate surface area is 143 Å². The van der Waals surface area contributed by atoms with E-state index in [2.05, 4.69) is 12.1 Å². The number of methoxy groups -OCH3 is 1. The molecule has 2 aliphatic heterocycles. The molecular formula is C19H26N2O3. The quantitative estimate of drug-likeness (QED) is 0.856. The van der Waals surface area contributed by atoms with E-state index in [9.17, 15) is 9.59 Å². The van der Waals surface area contributed by atoms with Crippen LogP contribution in [0.1, 0.15) is 31.2 Å². The second-order valence-electron chi connectivity index (χ2n) is 7.05. The highest BCUT2D eigenvalue weighted by atomic mass is 16.5. The lowest BCUT2D eigenvalue weighted by molar-refractivity contribution is -0.139. The number of hydrogen-bond donors (Lipinski definition) is 0. The third-order valence-electron chi connectivity index (χ3n) is 5.36. The van der Waals surface area contributed by atoms with Crippen molar-refractivity contribution in [2.45, 2.75) is 32.1 Å². The summed E-state index contributed by atoms with van der Waals surface area (Å²) < 4.78 is 4.88. The maximum Gasteiger partial charge on any atom is 0.409 e. The maximum absolute atomic E-state index is 12.3. The number of rotatable bonds is 3. The minimum Gasteiger partial charge on any atom is -0.453 e. The first-order valence-electron chi connectivity index (χ1n) is 8.76. The van der Waals surface area contributed by atoms with Crippen LogP contribution in [0.15, 0.2) is 30.3 Å². The van der Waals surface area contributed by atoms with Crippen LogP contribution in [0.4, 0.5) is 4.79 Å². The van der Waals surface area contributed by atoms with Crippen LogP contribution in [0.25, 0.3) is 0 Å². The Morgan fingerprint density at radius 3 is 2.75 bits per heavy atom. The summed E-state index contributed by atoms with van der Waals surface area (Å²) in [5, 5.41) is 0. The van der Waals surface area contributed by atoms with Crippen molar-refractivity contribution in [2.75, 3.05) is 33.3 Å². The van der Waals surface area contributed by atoms with Crippen molar-refractivity contribution in [1.82, 2.24) is 9.80 Å². The summed E-state index contributed by atoms with van der Waals surface area (Å²) in [5.74, 6) is 0.242. The van der Waals surface area contributed by atoms with E-state index in [0.29, 0.717) is 13.0 Å². The van der Waals surface area contributed by atoms with Crippen molar-refractivity contribution in [2.24, 2.45) is 5.41 Å². The number of carbonyl (C=O) groups excluding carboxylic acids is 2. The van der Waals surface area contributed by atoms with Gasteiger partial charge in [-0.3, -0.25) is 4.79 Å². The summed E-state index contributed by atoms with van der Waals surface area (Å²) in [6, 6.07) is 10.3. The topological polar surface area (TPSA) is 49.9 Å². The predicted molar refractivity (Wildman–Crippen MR) is 91.6 cm³/mol. The van der Waals surface area contributed by atoms with Gasteiger partial charge in [0, 0.05) is 38.0 Å². The molecular weight excluding hydrogens is 304 g/mol. The highest BCUT2D eigenvalue weighted by Gasteiger charge is 2.42. The van der Waals surface area contributed by atoms with Crippen molar-refractivity contribution >= 4 is 12.0 Å². The third kappa shape index (κ3) is 3.71. The number of benzene rings is 1. The van der Waals surface area contributed by atoms with Gasteiger partial charge in [0.15, 0.2) is 0 Å². The standard InChI is InChI=1S/C19H26N2O3/c1-24-18(23)21-12-5-10-19(15-21)11-8-17(22)20(14-19)13-9-16-6-3-2-4-7-16/h2-4,6-7H,5,8-15H2,1H3/t19-/m1/s1. The fourth-order valence-electron chi connectivity index (χ4n) is 4.04. The van der Waals surface area contributed by atoms with Crippen LogP contribution in [-0.4, -0.2) is 55.1 Å². The van der Waals surface area contributed by atoms with E-state index in [1.165, 1.54) is 12.7 Å². The molecule has 5 heteroatoms. The van der Waals surface area contributed by atoms with Gasteiger partial charge in [0.1, 0.15) is 0 Å². The molecule has 0 saturated carbocycles. The number of amides is 2. The molecule has 0 N–H and O–H groups in total. The molecule has 0 aliphatic carbocycles. The van der Waals surface area contributed by atoms with E-state index < -0.39 is 0 Å². The van der Waals surface area contributed by atoms with E-state index in [-0.39, 0.29) is 17.4 Å². The Morgan fingerprint density at radius 2 is 2.00 bits per heavy atom. The summed E-state index contributed by atoms with van der Waals surface area (Å²) in [6.07, 6.45) is 4.15. The number of likely N-dealkylation sites (tertiary alicyclic amines) is 2. The molecule has 2 fully saturated rings. The van der Waals surface area contributed by atoms with Crippen LogP contribution in [0, 0.1) is 5.41 Å². The average Bonchev–Trinajstić information content (AvgIpc) is 2.63. The largest absolute Gasteiger partial charge is 0.453 e. The molecule has 1 spiro atoms. The Hall–Kier alpha value is -2.04. The molecule has 1 atom stereocenters. The van der Waals surface area contributed by atoms with Crippen molar-refractivity contribution in [3.63, 3.8) is 0 Å². The summed E-state index contributed by atoms with van der Waals surface area (Å²) >= 11 is 0. The zero-order valence-electron chi connectivity index (χ0n) is 14.4. The first kappa shape index (κ1) is 16.8. The van der Waals surface area contributed by atoms with E-state index >= 15 is 0 Å². The van der Waals surface area contributed by atoms with E-state index in [1.807, 2.05) is 23.1 Å². The number of nitrogens with zero attached hydrogens (tertiary/aromatic N) is 2. The Balaban J connectivity index is 1.64. The van der Waals surface area contributed by atoms with Crippen LogP contribution < -0.4 is 0 Å². The number of hydrogen-bond acceptors (Lipinski definition) is 3. The van der Waals surface area contributed by atoms with Gasteiger partial charge in [-0.1, -0.05) is 30.3 Å². The van der Waals surface area contributed by atoms with E-state index in [0.717, 1.165) is 45.3 Å². The lowest BCUT2D eigenvalue weighted by Gasteiger charge is -2.47. The lowest BCUT2D eigenvalue weighted by Crippen LogP contribution is -2.55. The van der Waals surface area contributed by atoms with Crippen molar-refractivity contribution in [1.29, 1.82) is 0 Å². The van der Waals surface area contributed by atoms with Gasteiger partial charge >= 0.3 is 6.09 Å². The third-order valence-corrected chi connectivity index (χ3v) is 5.36. The Bertz CT molecular complexity index is 590. The summed E-state index contributed by atoms with van der Waals surface area (Å²) in [4.78, 5) is 28.0. The molecule has 2 aliphatic rings. The minimum atomic E-state index is -0.248. The first-order chi connectivity index (χ1) is 11.6. The van der Waals surface area contributed by atoms with Crippen LogP contribution in [0.5, 0.6) is 0 Å². The van der Waals surface area contributed by atoms with Gasteiger partial charge in [-0.25, -0.2) is 4.79 Å². The first-order valence-corrected chi connectivity index (χ1v) is 8.76. The monoisotopic (exact) mass is 330 g/mol. The number of piperidine rings is 2.